The molecule has 1 aliphatic rings. The Bertz CT molecular complexity index is 528. The predicted octanol–water partition coefficient (Wildman–Crippen LogP) is 4.21. The van der Waals surface area contributed by atoms with Crippen LogP contribution in [0.3, 0.4) is 0 Å². The van der Waals surface area contributed by atoms with Crippen LogP contribution >= 0.6 is 0 Å². The Morgan fingerprint density at radius 3 is 2.62 bits per heavy atom. The molecule has 1 heterocycles. The fourth-order valence-corrected chi connectivity index (χ4v) is 3.10. The second kappa shape index (κ2) is 8.40. The Labute approximate surface area is 140 Å². The number of hydrogen-bond acceptors (Lipinski definition) is 2. The molecule has 3 nitrogen and oxygen atoms in total. The lowest BCUT2D eigenvalue weighted by Gasteiger charge is -2.33. The van der Waals surface area contributed by atoms with Gasteiger partial charge in [0.05, 0.1) is 13.5 Å². The molecule has 0 unspecified atom stereocenters. The number of alkyl halides is 3. The van der Waals surface area contributed by atoms with E-state index in [2.05, 4.69) is 0 Å². The first kappa shape index (κ1) is 18.6. The summed E-state index contributed by atoms with van der Waals surface area (Å²) in [6.07, 6.45) is -1.99. The smallest absolute Gasteiger partial charge is 0.389 e. The van der Waals surface area contributed by atoms with Gasteiger partial charge in [0.15, 0.2) is 0 Å². The van der Waals surface area contributed by atoms with Crippen LogP contribution in [0.2, 0.25) is 0 Å². The number of ether oxygens (including phenoxy) is 1. The summed E-state index contributed by atoms with van der Waals surface area (Å²) in [4.78, 5) is 13.6. The number of carbonyl (C=O) groups excluding carboxylic acids is 1. The Morgan fingerprint density at radius 1 is 1.29 bits per heavy atom. The number of aryl methyl sites for hydroxylation is 1. The summed E-state index contributed by atoms with van der Waals surface area (Å²) in [5, 5.41) is 0. The minimum Gasteiger partial charge on any atom is -0.497 e. The minimum absolute atomic E-state index is 0.357. The van der Waals surface area contributed by atoms with E-state index in [0.717, 1.165) is 31.4 Å². The largest absolute Gasteiger partial charge is 0.497 e. The highest BCUT2D eigenvalue weighted by Crippen LogP contribution is 2.25. The number of carbonyl (C=O) groups is 1. The number of amides is 1. The molecule has 0 aromatic heterocycles. The van der Waals surface area contributed by atoms with Crippen molar-refractivity contribution in [3.05, 3.63) is 29.8 Å². The van der Waals surface area contributed by atoms with Crippen molar-refractivity contribution in [2.24, 2.45) is 5.92 Å². The number of halogens is 3. The van der Waals surface area contributed by atoms with Gasteiger partial charge >= 0.3 is 6.18 Å². The molecule has 1 saturated heterocycles. The molecular formula is C18H24F3NO2. The van der Waals surface area contributed by atoms with Gasteiger partial charge in [0, 0.05) is 19.5 Å². The van der Waals surface area contributed by atoms with Crippen molar-refractivity contribution in [2.45, 2.75) is 44.7 Å². The zero-order valence-corrected chi connectivity index (χ0v) is 13.9. The molecule has 1 aliphatic heterocycles. The summed E-state index contributed by atoms with van der Waals surface area (Å²) in [6, 6.07) is 7.88. The average Bonchev–Trinajstić information content (AvgIpc) is 2.58. The van der Waals surface area contributed by atoms with Gasteiger partial charge in [-0.15, -0.1) is 0 Å². The number of piperidine rings is 1. The van der Waals surface area contributed by atoms with Gasteiger partial charge in [-0.25, -0.2) is 0 Å². The first-order valence-electron chi connectivity index (χ1n) is 8.35. The number of nitrogens with zero attached hydrogens (tertiary/aromatic N) is 1. The highest BCUT2D eigenvalue weighted by atomic mass is 19.4. The number of methoxy groups -OCH3 is 1. The second-order valence-electron chi connectivity index (χ2n) is 6.35. The van der Waals surface area contributed by atoms with Crippen molar-refractivity contribution in [2.75, 3.05) is 20.2 Å². The molecular weight excluding hydrogens is 319 g/mol. The molecule has 0 N–H and O–H groups in total. The first-order chi connectivity index (χ1) is 11.4. The molecule has 6 heteroatoms. The van der Waals surface area contributed by atoms with Gasteiger partial charge in [-0.3, -0.25) is 4.79 Å². The molecule has 1 fully saturated rings. The number of rotatable bonds is 6. The molecule has 0 spiro atoms. The number of benzene rings is 1. The standard InChI is InChI=1S/C18H24F3NO2/c1-24-16-8-6-14(7-9-16)4-5-15-3-2-12-22(13-15)17(23)10-11-18(19,20)21/h6-9,15H,2-5,10-13H2,1H3/t15-/m1/s1. The van der Waals surface area contributed by atoms with Crippen molar-refractivity contribution in [1.29, 1.82) is 0 Å². The zero-order chi connectivity index (χ0) is 17.6. The van der Waals surface area contributed by atoms with E-state index in [1.54, 1.807) is 12.0 Å². The van der Waals surface area contributed by atoms with Gasteiger partial charge in [0.25, 0.3) is 0 Å². The van der Waals surface area contributed by atoms with Gasteiger partial charge in [0.1, 0.15) is 5.75 Å². The van der Waals surface area contributed by atoms with Gasteiger partial charge in [-0.05, 0) is 49.3 Å². The third-order valence-electron chi connectivity index (χ3n) is 4.49. The van der Waals surface area contributed by atoms with E-state index in [1.807, 2.05) is 24.3 Å². The van der Waals surface area contributed by atoms with E-state index in [0.29, 0.717) is 19.0 Å². The average molecular weight is 343 g/mol. The molecule has 0 radical (unpaired) electrons. The quantitative estimate of drug-likeness (QED) is 0.774. The topological polar surface area (TPSA) is 29.5 Å². The Hall–Kier alpha value is -1.72. The Kier molecular flexibility index (Phi) is 6.52. The van der Waals surface area contributed by atoms with Crippen LogP contribution in [-0.4, -0.2) is 37.2 Å². The Morgan fingerprint density at radius 2 is 2.00 bits per heavy atom. The molecule has 0 aliphatic carbocycles. The van der Waals surface area contributed by atoms with Crippen LogP contribution in [0.25, 0.3) is 0 Å². The van der Waals surface area contributed by atoms with Crippen LogP contribution in [0.1, 0.15) is 37.7 Å². The molecule has 24 heavy (non-hydrogen) atoms. The highest BCUT2D eigenvalue weighted by Gasteiger charge is 2.30. The van der Waals surface area contributed by atoms with E-state index < -0.39 is 19.0 Å². The lowest BCUT2D eigenvalue weighted by atomic mass is 9.91. The number of hydrogen-bond donors (Lipinski definition) is 0. The molecule has 2 rings (SSSR count). The van der Waals surface area contributed by atoms with Crippen LogP contribution < -0.4 is 4.74 Å². The Balaban J connectivity index is 1.78. The molecule has 1 aromatic carbocycles. The molecule has 1 atom stereocenters. The van der Waals surface area contributed by atoms with Gasteiger partial charge in [-0.1, -0.05) is 12.1 Å². The van der Waals surface area contributed by atoms with E-state index in [1.165, 1.54) is 5.56 Å². The van der Waals surface area contributed by atoms with Crippen molar-refractivity contribution < 1.29 is 22.7 Å². The van der Waals surface area contributed by atoms with Crippen LogP contribution in [0.15, 0.2) is 24.3 Å². The lowest BCUT2D eigenvalue weighted by molar-refractivity contribution is -0.150. The summed E-state index contributed by atoms with van der Waals surface area (Å²) in [7, 11) is 1.63. The van der Waals surface area contributed by atoms with Crippen LogP contribution in [0.4, 0.5) is 13.2 Å². The predicted molar refractivity (Wildman–Crippen MR) is 85.9 cm³/mol. The summed E-state index contributed by atoms with van der Waals surface area (Å²) in [5.41, 5.74) is 1.20. The minimum atomic E-state index is -4.26. The van der Waals surface area contributed by atoms with Crippen LogP contribution in [0, 0.1) is 5.92 Å². The summed E-state index contributed by atoms with van der Waals surface area (Å²) >= 11 is 0. The molecule has 0 bridgehead atoms. The second-order valence-corrected chi connectivity index (χ2v) is 6.35. The van der Waals surface area contributed by atoms with E-state index in [-0.39, 0.29) is 5.91 Å². The third-order valence-corrected chi connectivity index (χ3v) is 4.49. The SMILES string of the molecule is COc1ccc(CC[C@H]2CCCN(C(=O)CCC(F)(F)F)C2)cc1. The van der Waals surface area contributed by atoms with Crippen molar-refractivity contribution in [3.63, 3.8) is 0 Å². The third kappa shape index (κ3) is 6.06. The van der Waals surface area contributed by atoms with Crippen molar-refractivity contribution in [3.8, 4) is 5.75 Å². The van der Waals surface area contributed by atoms with Gasteiger partial charge < -0.3 is 9.64 Å². The van der Waals surface area contributed by atoms with E-state index in [9.17, 15) is 18.0 Å². The normalized spacial score (nSPS) is 18.5. The van der Waals surface area contributed by atoms with E-state index in [4.69, 9.17) is 4.74 Å². The molecule has 134 valence electrons. The van der Waals surface area contributed by atoms with Crippen LogP contribution in [-0.2, 0) is 11.2 Å². The maximum Gasteiger partial charge on any atom is 0.389 e. The van der Waals surface area contributed by atoms with Gasteiger partial charge in [0.2, 0.25) is 5.91 Å². The van der Waals surface area contributed by atoms with Crippen molar-refractivity contribution in [1.82, 2.24) is 4.90 Å². The monoisotopic (exact) mass is 343 g/mol. The molecule has 1 amide bonds. The summed E-state index contributed by atoms with van der Waals surface area (Å²) in [5.74, 6) is 0.801. The number of likely N-dealkylation sites (tertiary alicyclic amines) is 1. The van der Waals surface area contributed by atoms with Gasteiger partial charge in [-0.2, -0.15) is 13.2 Å². The lowest BCUT2D eigenvalue weighted by Crippen LogP contribution is -2.40. The first-order valence-corrected chi connectivity index (χ1v) is 8.35. The fraction of sp³-hybridized carbons (Fsp3) is 0.611. The summed E-state index contributed by atoms with van der Waals surface area (Å²) < 4.78 is 41.9. The molecule has 0 saturated carbocycles. The van der Waals surface area contributed by atoms with Crippen molar-refractivity contribution >= 4 is 5.91 Å². The fourth-order valence-electron chi connectivity index (χ4n) is 3.10. The maximum absolute atomic E-state index is 12.2. The highest BCUT2D eigenvalue weighted by molar-refractivity contribution is 5.76. The summed E-state index contributed by atoms with van der Waals surface area (Å²) in [6.45, 7) is 1.16. The molecule has 1 aromatic rings. The van der Waals surface area contributed by atoms with E-state index >= 15 is 0 Å². The maximum atomic E-state index is 12.2. The zero-order valence-electron chi connectivity index (χ0n) is 13.9. The van der Waals surface area contributed by atoms with Crippen LogP contribution in [0.5, 0.6) is 5.75 Å².